The van der Waals surface area contributed by atoms with Gasteiger partial charge in [0.25, 0.3) is 0 Å². The molecule has 2 aromatic heterocycles. The molecule has 0 spiro atoms. The van der Waals surface area contributed by atoms with Crippen molar-refractivity contribution in [3.05, 3.63) is 54.5 Å². The van der Waals surface area contributed by atoms with Crippen molar-refractivity contribution in [2.75, 3.05) is 0 Å². The highest BCUT2D eigenvalue weighted by Gasteiger charge is 2.14. The maximum absolute atomic E-state index is 11.3. The first-order chi connectivity index (χ1) is 9.18. The lowest BCUT2D eigenvalue weighted by Gasteiger charge is -2.07. The van der Waals surface area contributed by atoms with Crippen LogP contribution in [0.3, 0.4) is 0 Å². The molecule has 3 rings (SSSR count). The summed E-state index contributed by atoms with van der Waals surface area (Å²) in [5, 5.41) is 10.3. The third-order valence-electron chi connectivity index (χ3n) is 3.27. The van der Waals surface area contributed by atoms with Crippen LogP contribution < -0.4 is 0 Å². The molecular weight excluding hydrogens is 240 g/mol. The molecule has 0 saturated carbocycles. The number of aryl methyl sites for hydroxylation is 1. The molecule has 4 nitrogen and oxygen atoms in total. The zero-order chi connectivity index (χ0) is 13.4. The summed E-state index contributed by atoms with van der Waals surface area (Å²) in [5.41, 5.74) is 2.87. The van der Waals surface area contributed by atoms with Crippen molar-refractivity contribution < 1.29 is 9.90 Å². The molecule has 1 aromatic carbocycles. The minimum Gasteiger partial charge on any atom is -0.478 e. The van der Waals surface area contributed by atoms with Crippen LogP contribution in [0.2, 0.25) is 0 Å². The quantitative estimate of drug-likeness (QED) is 0.763. The zero-order valence-corrected chi connectivity index (χ0v) is 10.4. The summed E-state index contributed by atoms with van der Waals surface area (Å²) in [7, 11) is 1.97. The number of rotatable bonds is 2. The van der Waals surface area contributed by atoms with Gasteiger partial charge in [-0.15, -0.1) is 0 Å². The van der Waals surface area contributed by atoms with Gasteiger partial charge >= 0.3 is 5.97 Å². The molecule has 0 amide bonds. The van der Waals surface area contributed by atoms with Crippen molar-refractivity contribution in [3.8, 4) is 11.1 Å². The Bertz CT molecular complexity index is 775. The van der Waals surface area contributed by atoms with E-state index in [0.29, 0.717) is 5.56 Å². The van der Waals surface area contributed by atoms with E-state index >= 15 is 0 Å². The Morgan fingerprint density at radius 2 is 2.05 bits per heavy atom. The largest absolute Gasteiger partial charge is 0.478 e. The minimum atomic E-state index is -0.940. The Balaban J connectivity index is 2.34. The second-order valence-corrected chi connectivity index (χ2v) is 4.39. The molecule has 0 bridgehead atoms. The van der Waals surface area contributed by atoms with E-state index < -0.39 is 5.97 Å². The summed E-state index contributed by atoms with van der Waals surface area (Å²) in [6.45, 7) is 0. The van der Waals surface area contributed by atoms with Gasteiger partial charge in [-0.2, -0.15) is 0 Å². The minimum absolute atomic E-state index is 0.270. The van der Waals surface area contributed by atoms with Gasteiger partial charge in [-0.3, -0.25) is 4.98 Å². The standard InChI is InChI=1S/C15H12N2O2/c1-17-8-6-11-10(3-2-4-14(11)17)13-9-16-7-5-12(13)15(18)19/h2-9H,1H3,(H,18,19). The van der Waals surface area contributed by atoms with Crippen LogP contribution >= 0.6 is 0 Å². The molecule has 2 heterocycles. The second kappa shape index (κ2) is 4.24. The molecule has 0 radical (unpaired) electrons. The molecule has 0 unspecified atom stereocenters. The van der Waals surface area contributed by atoms with Crippen LogP contribution in [0.15, 0.2) is 48.9 Å². The lowest BCUT2D eigenvalue weighted by atomic mass is 9.99. The summed E-state index contributed by atoms with van der Waals surface area (Å²) in [6, 6.07) is 9.38. The van der Waals surface area contributed by atoms with Crippen molar-refractivity contribution in [3.63, 3.8) is 0 Å². The fraction of sp³-hybridized carbons (Fsp3) is 0.0667. The van der Waals surface area contributed by atoms with Crippen LogP contribution in [-0.2, 0) is 7.05 Å². The highest BCUT2D eigenvalue weighted by atomic mass is 16.4. The monoisotopic (exact) mass is 252 g/mol. The fourth-order valence-electron chi connectivity index (χ4n) is 2.33. The number of carboxylic acid groups (broad SMARTS) is 1. The predicted molar refractivity (Wildman–Crippen MR) is 73.1 cm³/mol. The lowest BCUT2D eigenvalue weighted by Crippen LogP contribution is -2.00. The van der Waals surface area contributed by atoms with Crippen molar-refractivity contribution in [1.82, 2.24) is 9.55 Å². The summed E-state index contributed by atoms with van der Waals surface area (Å²) in [5.74, 6) is -0.940. The maximum atomic E-state index is 11.3. The number of aromatic carboxylic acids is 1. The molecule has 4 heteroatoms. The Morgan fingerprint density at radius 3 is 2.84 bits per heavy atom. The van der Waals surface area contributed by atoms with Crippen molar-refractivity contribution in [1.29, 1.82) is 0 Å². The number of benzene rings is 1. The zero-order valence-electron chi connectivity index (χ0n) is 10.4. The van der Waals surface area contributed by atoms with Gasteiger partial charge < -0.3 is 9.67 Å². The molecule has 0 aliphatic rings. The number of carbonyl (C=O) groups is 1. The highest BCUT2D eigenvalue weighted by Crippen LogP contribution is 2.30. The summed E-state index contributed by atoms with van der Waals surface area (Å²) >= 11 is 0. The average Bonchev–Trinajstić information content (AvgIpc) is 2.81. The number of aromatic nitrogens is 2. The van der Waals surface area contributed by atoms with Crippen LogP contribution in [0.5, 0.6) is 0 Å². The first kappa shape index (κ1) is 11.5. The van der Waals surface area contributed by atoms with Crippen molar-refractivity contribution in [2.45, 2.75) is 0 Å². The topological polar surface area (TPSA) is 55.1 Å². The Kier molecular flexibility index (Phi) is 2.56. The van der Waals surface area contributed by atoms with Crippen molar-refractivity contribution >= 4 is 16.9 Å². The molecular formula is C15H12N2O2. The van der Waals surface area contributed by atoms with Crippen LogP contribution in [0.1, 0.15) is 10.4 Å². The molecule has 0 atom stereocenters. The molecule has 0 aliphatic heterocycles. The molecule has 19 heavy (non-hydrogen) atoms. The van der Waals surface area contributed by atoms with Gasteiger partial charge in [0.15, 0.2) is 0 Å². The Labute approximate surface area is 109 Å². The predicted octanol–water partition coefficient (Wildman–Crippen LogP) is 2.94. The number of nitrogens with zero attached hydrogens (tertiary/aromatic N) is 2. The van der Waals surface area contributed by atoms with Gasteiger partial charge in [-0.25, -0.2) is 4.79 Å². The van der Waals surface area contributed by atoms with Gasteiger partial charge in [-0.1, -0.05) is 12.1 Å². The molecule has 3 aromatic rings. The first-order valence-electron chi connectivity index (χ1n) is 5.90. The van der Waals surface area contributed by atoms with Gasteiger partial charge in [0, 0.05) is 42.1 Å². The third-order valence-corrected chi connectivity index (χ3v) is 3.27. The molecule has 1 N–H and O–H groups in total. The number of hydrogen-bond donors (Lipinski definition) is 1. The van der Waals surface area contributed by atoms with E-state index in [1.54, 1.807) is 6.20 Å². The van der Waals surface area contributed by atoms with E-state index in [9.17, 15) is 9.90 Å². The van der Waals surface area contributed by atoms with E-state index in [0.717, 1.165) is 16.5 Å². The van der Waals surface area contributed by atoms with Crippen LogP contribution in [0, 0.1) is 0 Å². The van der Waals surface area contributed by atoms with Gasteiger partial charge in [0.1, 0.15) is 0 Å². The van der Waals surface area contributed by atoms with Gasteiger partial charge in [0.05, 0.1) is 5.56 Å². The fourth-order valence-corrected chi connectivity index (χ4v) is 2.33. The van der Waals surface area contributed by atoms with E-state index in [-0.39, 0.29) is 5.56 Å². The highest BCUT2D eigenvalue weighted by molar-refractivity contribution is 6.02. The number of pyridine rings is 1. The Hall–Kier alpha value is -2.62. The normalized spacial score (nSPS) is 10.8. The van der Waals surface area contributed by atoms with Crippen LogP contribution in [0.25, 0.3) is 22.0 Å². The van der Waals surface area contributed by atoms with E-state index in [1.807, 2.05) is 42.1 Å². The van der Waals surface area contributed by atoms with Crippen LogP contribution in [0.4, 0.5) is 0 Å². The third kappa shape index (κ3) is 1.78. The van der Waals surface area contributed by atoms with Gasteiger partial charge in [-0.05, 0) is 23.8 Å². The first-order valence-corrected chi connectivity index (χ1v) is 5.90. The van der Waals surface area contributed by atoms with E-state index in [4.69, 9.17) is 0 Å². The number of carboxylic acids is 1. The van der Waals surface area contributed by atoms with Crippen LogP contribution in [-0.4, -0.2) is 20.6 Å². The summed E-state index contributed by atoms with van der Waals surface area (Å²) in [6.07, 6.45) is 5.06. The SMILES string of the molecule is Cn1ccc2c(-c3cnccc3C(=O)O)cccc21. The van der Waals surface area contributed by atoms with E-state index in [2.05, 4.69) is 4.98 Å². The molecule has 94 valence electrons. The number of hydrogen-bond acceptors (Lipinski definition) is 2. The lowest BCUT2D eigenvalue weighted by molar-refractivity contribution is 0.0697. The maximum Gasteiger partial charge on any atom is 0.336 e. The number of fused-ring (bicyclic) bond motifs is 1. The molecule has 0 fully saturated rings. The average molecular weight is 252 g/mol. The Morgan fingerprint density at radius 1 is 1.21 bits per heavy atom. The van der Waals surface area contributed by atoms with Gasteiger partial charge in [0.2, 0.25) is 0 Å². The van der Waals surface area contributed by atoms with E-state index in [1.165, 1.54) is 12.3 Å². The molecule has 0 saturated heterocycles. The summed E-state index contributed by atoms with van der Waals surface area (Å²) < 4.78 is 2.01. The second-order valence-electron chi connectivity index (χ2n) is 4.39. The summed E-state index contributed by atoms with van der Waals surface area (Å²) in [4.78, 5) is 15.4. The molecule has 0 aliphatic carbocycles. The van der Waals surface area contributed by atoms with Crippen molar-refractivity contribution in [2.24, 2.45) is 7.05 Å². The smallest absolute Gasteiger partial charge is 0.336 e.